The number of nitrogens with zero attached hydrogens (tertiary/aromatic N) is 1. The number of nitrogens with one attached hydrogen (secondary N) is 1. The van der Waals surface area contributed by atoms with Gasteiger partial charge in [0.05, 0.1) is 24.2 Å². The maximum Gasteiger partial charge on any atom is 0.338 e. The van der Waals surface area contributed by atoms with Gasteiger partial charge in [0.1, 0.15) is 5.69 Å². The summed E-state index contributed by atoms with van der Waals surface area (Å²) < 4.78 is 28.2. The number of rotatable bonds is 10. The van der Waals surface area contributed by atoms with Crippen LogP contribution in [0.5, 0.6) is 5.75 Å². The Morgan fingerprint density at radius 2 is 1.86 bits per heavy atom. The van der Waals surface area contributed by atoms with Gasteiger partial charge in [0.25, 0.3) is 5.69 Å². The molecular formula is C19H19FN2O7. The van der Waals surface area contributed by atoms with Crippen molar-refractivity contribution < 1.29 is 33.1 Å². The number of nitro groups is 1. The predicted molar refractivity (Wildman–Crippen MR) is 101 cm³/mol. The average Bonchev–Trinajstić information content (AvgIpc) is 2.71. The van der Waals surface area contributed by atoms with E-state index in [4.69, 9.17) is 14.2 Å². The third kappa shape index (κ3) is 5.72. The molecule has 0 radical (unpaired) electrons. The van der Waals surface area contributed by atoms with Gasteiger partial charge in [-0.2, -0.15) is 0 Å². The Bertz CT molecular complexity index is 917. The minimum absolute atomic E-state index is 0.000212. The third-order valence-electron chi connectivity index (χ3n) is 3.86. The maximum atomic E-state index is 13.7. The molecule has 2 aromatic carbocycles. The standard InChI is InChI=1S/C19H19FN2O7/c1-27-8-7-21-15-5-3-13(10-16(15)22(25)26)19(24)29-11-17(23)12-4-6-18(28-2)14(20)9-12/h3-6,9-10,21H,7-8,11H2,1-2H3. The fourth-order valence-electron chi connectivity index (χ4n) is 2.38. The van der Waals surface area contributed by atoms with Crippen molar-refractivity contribution in [3.05, 3.63) is 63.5 Å². The second kappa shape index (κ2) is 10.1. The first kappa shape index (κ1) is 21.8. The quantitative estimate of drug-likeness (QED) is 0.210. The van der Waals surface area contributed by atoms with E-state index in [1.54, 1.807) is 0 Å². The van der Waals surface area contributed by atoms with Crippen molar-refractivity contribution in [1.82, 2.24) is 0 Å². The molecule has 0 unspecified atom stereocenters. The Balaban J connectivity index is 2.06. The van der Waals surface area contributed by atoms with Crippen molar-refractivity contribution in [1.29, 1.82) is 0 Å². The van der Waals surface area contributed by atoms with Gasteiger partial charge in [0, 0.05) is 25.3 Å². The topological polar surface area (TPSA) is 117 Å². The number of anilines is 1. The summed E-state index contributed by atoms with van der Waals surface area (Å²) in [5, 5.41) is 14.1. The highest BCUT2D eigenvalue weighted by Gasteiger charge is 2.19. The second-order valence-corrected chi connectivity index (χ2v) is 5.76. The van der Waals surface area contributed by atoms with Crippen LogP contribution in [0.1, 0.15) is 20.7 Å². The van der Waals surface area contributed by atoms with Crippen LogP contribution in [0.4, 0.5) is 15.8 Å². The molecule has 0 fully saturated rings. The number of methoxy groups -OCH3 is 2. The van der Waals surface area contributed by atoms with E-state index in [-0.39, 0.29) is 28.3 Å². The molecule has 1 N–H and O–H groups in total. The molecular weight excluding hydrogens is 387 g/mol. The monoisotopic (exact) mass is 406 g/mol. The molecule has 0 aliphatic rings. The van der Waals surface area contributed by atoms with Gasteiger partial charge < -0.3 is 19.5 Å². The summed E-state index contributed by atoms with van der Waals surface area (Å²) in [6.45, 7) is 0.0370. The van der Waals surface area contributed by atoms with Crippen LogP contribution in [0.3, 0.4) is 0 Å². The van der Waals surface area contributed by atoms with Gasteiger partial charge in [-0.3, -0.25) is 14.9 Å². The molecule has 0 spiro atoms. The number of esters is 1. The number of hydrogen-bond acceptors (Lipinski definition) is 8. The summed E-state index contributed by atoms with van der Waals surface area (Å²) in [6.07, 6.45) is 0. The Kier molecular flexibility index (Phi) is 7.61. The maximum absolute atomic E-state index is 13.7. The van der Waals surface area contributed by atoms with Crippen molar-refractivity contribution in [2.45, 2.75) is 0 Å². The summed E-state index contributed by atoms with van der Waals surface area (Å²) in [4.78, 5) is 34.9. The van der Waals surface area contributed by atoms with Crippen LogP contribution in [0.25, 0.3) is 0 Å². The first-order chi connectivity index (χ1) is 13.9. The molecule has 0 bridgehead atoms. The number of carbonyl (C=O) groups is 2. The molecule has 0 amide bonds. The van der Waals surface area contributed by atoms with E-state index in [0.717, 1.165) is 12.1 Å². The molecule has 2 aromatic rings. The highest BCUT2D eigenvalue weighted by atomic mass is 19.1. The molecule has 0 heterocycles. The Hall–Kier alpha value is -3.53. The van der Waals surface area contributed by atoms with Gasteiger partial charge in [-0.05, 0) is 30.3 Å². The van der Waals surface area contributed by atoms with Crippen LogP contribution < -0.4 is 10.1 Å². The van der Waals surface area contributed by atoms with Crippen molar-refractivity contribution >= 4 is 23.1 Å². The van der Waals surface area contributed by atoms with Crippen molar-refractivity contribution in [3.63, 3.8) is 0 Å². The fraction of sp³-hybridized carbons (Fsp3) is 0.263. The molecule has 0 atom stereocenters. The van der Waals surface area contributed by atoms with Crippen LogP contribution in [-0.2, 0) is 9.47 Å². The molecule has 10 heteroatoms. The first-order valence-corrected chi connectivity index (χ1v) is 8.42. The molecule has 2 rings (SSSR count). The molecule has 0 saturated heterocycles. The van der Waals surface area contributed by atoms with Crippen LogP contribution in [-0.4, -0.2) is 50.7 Å². The number of nitro benzene ring substituents is 1. The zero-order valence-corrected chi connectivity index (χ0v) is 15.8. The van der Waals surface area contributed by atoms with Gasteiger partial charge in [-0.15, -0.1) is 0 Å². The van der Waals surface area contributed by atoms with Gasteiger partial charge in [0.15, 0.2) is 24.0 Å². The normalized spacial score (nSPS) is 10.3. The smallest absolute Gasteiger partial charge is 0.338 e. The van der Waals surface area contributed by atoms with E-state index >= 15 is 0 Å². The van der Waals surface area contributed by atoms with Crippen molar-refractivity contribution in [2.24, 2.45) is 0 Å². The first-order valence-electron chi connectivity index (χ1n) is 8.42. The lowest BCUT2D eigenvalue weighted by Crippen LogP contribution is -2.15. The zero-order chi connectivity index (χ0) is 21.4. The predicted octanol–water partition coefficient (Wildman–Crippen LogP) is 2.84. The van der Waals surface area contributed by atoms with Gasteiger partial charge in [-0.25, -0.2) is 9.18 Å². The number of hydrogen-bond donors (Lipinski definition) is 1. The number of benzene rings is 2. The van der Waals surface area contributed by atoms with Gasteiger partial charge in [-0.1, -0.05) is 0 Å². The largest absolute Gasteiger partial charge is 0.494 e. The molecule has 9 nitrogen and oxygen atoms in total. The van der Waals surface area contributed by atoms with Crippen molar-refractivity contribution in [3.8, 4) is 5.75 Å². The summed E-state index contributed by atoms with van der Waals surface area (Å²) in [5.41, 5.74) is -0.199. The number of halogens is 1. The molecule has 0 saturated carbocycles. The lowest BCUT2D eigenvalue weighted by molar-refractivity contribution is -0.384. The molecule has 0 aromatic heterocycles. The SMILES string of the molecule is COCCNc1ccc(C(=O)OCC(=O)c2ccc(OC)c(F)c2)cc1[N+](=O)[O-]. The molecule has 154 valence electrons. The number of Topliss-reactive ketones (excluding diaryl/α,β-unsaturated/α-hetero) is 1. The van der Waals surface area contributed by atoms with Crippen molar-refractivity contribution in [2.75, 3.05) is 39.3 Å². The fourth-order valence-corrected chi connectivity index (χ4v) is 2.38. The molecule has 29 heavy (non-hydrogen) atoms. The summed E-state index contributed by atoms with van der Waals surface area (Å²) in [5.74, 6) is -2.30. The zero-order valence-electron chi connectivity index (χ0n) is 15.8. The van der Waals surface area contributed by atoms with Crippen LogP contribution in [0.15, 0.2) is 36.4 Å². The average molecular weight is 406 g/mol. The van der Waals surface area contributed by atoms with Crippen LogP contribution >= 0.6 is 0 Å². The second-order valence-electron chi connectivity index (χ2n) is 5.76. The van der Waals surface area contributed by atoms with E-state index in [1.807, 2.05) is 0 Å². The lowest BCUT2D eigenvalue weighted by Gasteiger charge is -2.09. The van der Waals surface area contributed by atoms with E-state index in [1.165, 1.54) is 38.5 Å². The van der Waals surface area contributed by atoms with Gasteiger partial charge in [0.2, 0.25) is 0 Å². The third-order valence-corrected chi connectivity index (χ3v) is 3.86. The van der Waals surface area contributed by atoms with Gasteiger partial charge >= 0.3 is 5.97 Å². The van der Waals surface area contributed by atoms with E-state index in [2.05, 4.69) is 5.32 Å². The number of ether oxygens (including phenoxy) is 3. The number of carbonyl (C=O) groups excluding carboxylic acids is 2. The Morgan fingerprint density at radius 1 is 1.14 bits per heavy atom. The summed E-state index contributed by atoms with van der Waals surface area (Å²) in [6, 6.07) is 7.34. The Morgan fingerprint density at radius 3 is 2.48 bits per heavy atom. The van der Waals surface area contributed by atoms with E-state index < -0.39 is 29.1 Å². The minimum atomic E-state index is -0.918. The molecule has 0 aliphatic carbocycles. The summed E-state index contributed by atoms with van der Waals surface area (Å²) >= 11 is 0. The van der Waals surface area contributed by atoms with E-state index in [0.29, 0.717) is 13.2 Å². The van der Waals surface area contributed by atoms with E-state index in [9.17, 15) is 24.1 Å². The minimum Gasteiger partial charge on any atom is -0.494 e. The highest BCUT2D eigenvalue weighted by Crippen LogP contribution is 2.26. The lowest BCUT2D eigenvalue weighted by atomic mass is 10.1. The van der Waals surface area contributed by atoms with Crippen LogP contribution in [0.2, 0.25) is 0 Å². The number of ketones is 1. The highest BCUT2D eigenvalue weighted by molar-refractivity contribution is 5.99. The Labute approximate surface area is 165 Å². The summed E-state index contributed by atoms with van der Waals surface area (Å²) in [7, 11) is 2.79. The molecule has 0 aliphatic heterocycles. The van der Waals surface area contributed by atoms with Crippen LogP contribution in [0, 0.1) is 15.9 Å².